The Hall–Kier alpha value is -3.94. The van der Waals surface area contributed by atoms with E-state index >= 15 is 0 Å². The summed E-state index contributed by atoms with van der Waals surface area (Å²) in [6.45, 7) is 3.81. The van der Waals surface area contributed by atoms with Gasteiger partial charge in [0.2, 0.25) is 0 Å². The molecule has 0 saturated heterocycles. The number of pyridine rings is 2. The van der Waals surface area contributed by atoms with Crippen molar-refractivity contribution in [2.24, 2.45) is 5.41 Å². The van der Waals surface area contributed by atoms with Crippen molar-refractivity contribution in [3.05, 3.63) is 58.9 Å². The highest BCUT2D eigenvalue weighted by molar-refractivity contribution is 7.21. The van der Waals surface area contributed by atoms with E-state index in [1.54, 1.807) is 18.3 Å². The fourth-order valence-corrected chi connectivity index (χ4v) is 5.10. The number of nitrogens with zero attached hydrogens (tertiary/aromatic N) is 6. The maximum atomic E-state index is 13.3. The number of nitriles is 1. The highest BCUT2D eigenvalue weighted by atomic mass is 35.5. The molecular weight excluding hydrogens is 510 g/mol. The molecule has 0 radical (unpaired) electrons. The summed E-state index contributed by atoms with van der Waals surface area (Å²) in [6, 6.07) is 5.84. The van der Waals surface area contributed by atoms with E-state index in [0.717, 1.165) is 29.8 Å². The Labute approximate surface area is 222 Å². The molecule has 0 aromatic carbocycles. The van der Waals surface area contributed by atoms with Crippen LogP contribution < -0.4 is 10.1 Å². The van der Waals surface area contributed by atoms with Gasteiger partial charge < -0.3 is 4.74 Å². The zero-order valence-electron chi connectivity index (χ0n) is 20.4. The molecule has 1 aliphatic rings. The first kappa shape index (κ1) is 24.7. The van der Waals surface area contributed by atoms with Gasteiger partial charge in [0, 0.05) is 23.0 Å². The number of hydrogen-bond donors (Lipinski definition) is 1. The molecule has 186 valence electrons. The first-order chi connectivity index (χ1) is 17.8. The number of aromatic nitrogens is 5. The smallest absolute Gasteiger partial charge is 0.259 e. The Balaban J connectivity index is 1.43. The standard InChI is InChI=1S/C26H22ClN7O2S/c1-14-8-16(17-9-21(27)30-12-20(17)36-3)18(10-29-14)23(35)34-25-33-22-24(37-25)32-19(11-31-22)15-4-6-26(2,13-28)7-5-15/h4,8-12H,5-7H2,1-3H3,(H,31,33,34,35). The van der Waals surface area contributed by atoms with E-state index in [9.17, 15) is 10.1 Å². The second kappa shape index (κ2) is 9.84. The molecule has 0 aliphatic heterocycles. The summed E-state index contributed by atoms with van der Waals surface area (Å²) in [5.74, 6) is 0.0969. The first-order valence-corrected chi connectivity index (χ1v) is 12.7. The number of carbonyl (C=O) groups excluding carboxylic acids is 1. The number of fused-ring (bicyclic) bond motifs is 1. The number of carbonyl (C=O) groups is 1. The second-order valence-electron chi connectivity index (χ2n) is 9.04. The summed E-state index contributed by atoms with van der Waals surface area (Å²) in [5.41, 5.74) is 4.25. The van der Waals surface area contributed by atoms with Crippen LogP contribution in [-0.2, 0) is 0 Å². The summed E-state index contributed by atoms with van der Waals surface area (Å²) < 4.78 is 5.45. The van der Waals surface area contributed by atoms with Gasteiger partial charge in [-0.3, -0.25) is 15.1 Å². The van der Waals surface area contributed by atoms with Crippen molar-refractivity contribution in [3.8, 4) is 22.9 Å². The quantitative estimate of drug-likeness (QED) is 0.317. The molecule has 37 heavy (non-hydrogen) atoms. The molecule has 1 amide bonds. The summed E-state index contributed by atoms with van der Waals surface area (Å²) in [7, 11) is 1.53. The van der Waals surface area contributed by atoms with Crippen molar-refractivity contribution >= 4 is 50.0 Å². The van der Waals surface area contributed by atoms with Crippen molar-refractivity contribution in [1.82, 2.24) is 24.9 Å². The maximum absolute atomic E-state index is 13.3. The Morgan fingerprint density at radius 3 is 2.76 bits per heavy atom. The van der Waals surface area contributed by atoms with Gasteiger partial charge in [0.05, 0.1) is 42.2 Å². The van der Waals surface area contributed by atoms with Crippen LogP contribution in [0, 0.1) is 23.7 Å². The maximum Gasteiger partial charge on any atom is 0.259 e. The summed E-state index contributed by atoms with van der Waals surface area (Å²) in [4.78, 5) is 35.9. The number of amides is 1. The van der Waals surface area contributed by atoms with Crippen LogP contribution in [0.5, 0.6) is 5.75 Å². The molecule has 0 bridgehead atoms. The number of thiazole rings is 1. The zero-order valence-corrected chi connectivity index (χ0v) is 21.9. The number of halogens is 1. The van der Waals surface area contributed by atoms with Gasteiger partial charge in [-0.2, -0.15) is 10.2 Å². The van der Waals surface area contributed by atoms with Crippen molar-refractivity contribution in [1.29, 1.82) is 5.26 Å². The lowest BCUT2D eigenvalue weighted by atomic mass is 9.77. The molecule has 11 heteroatoms. The minimum atomic E-state index is -0.387. The molecule has 0 saturated carbocycles. The molecular formula is C26H22ClN7O2S. The Kier molecular flexibility index (Phi) is 6.58. The van der Waals surface area contributed by atoms with E-state index in [1.165, 1.54) is 30.8 Å². The number of nitrogens with one attached hydrogen (secondary N) is 1. The first-order valence-electron chi connectivity index (χ1n) is 11.5. The summed E-state index contributed by atoms with van der Waals surface area (Å²) >= 11 is 7.38. The third kappa shape index (κ3) is 5.01. The highest BCUT2D eigenvalue weighted by Gasteiger charge is 2.27. The lowest BCUT2D eigenvalue weighted by Gasteiger charge is -2.25. The van der Waals surface area contributed by atoms with Crippen molar-refractivity contribution < 1.29 is 9.53 Å². The van der Waals surface area contributed by atoms with Crippen LogP contribution in [0.4, 0.5) is 5.13 Å². The van der Waals surface area contributed by atoms with Gasteiger partial charge in [0.25, 0.3) is 5.91 Å². The fourth-order valence-electron chi connectivity index (χ4n) is 4.15. The molecule has 0 spiro atoms. The number of ether oxygens (including phenoxy) is 1. The van der Waals surface area contributed by atoms with Crippen LogP contribution >= 0.6 is 22.9 Å². The average Bonchev–Trinajstić information content (AvgIpc) is 3.30. The highest BCUT2D eigenvalue weighted by Crippen LogP contribution is 2.38. The number of methoxy groups -OCH3 is 1. The van der Waals surface area contributed by atoms with E-state index in [1.807, 2.05) is 13.8 Å². The minimum Gasteiger partial charge on any atom is -0.494 e. The predicted molar refractivity (Wildman–Crippen MR) is 142 cm³/mol. The largest absolute Gasteiger partial charge is 0.494 e. The van der Waals surface area contributed by atoms with Gasteiger partial charge in [-0.05, 0) is 50.8 Å². The van der Waals surface area contributed by atoms with Gasteiger partial charge in [0.15, 0.2) is 15.6 Å². The van der Waals surface area contributed by atoms with Gasteiger partial charge in [-0.1, -0.05) is 29.0 Å². The van der Waals surface area contributed by atoms with Crippen LogP contribution in [0.3, 0.4) is 0 Å². The van der Waals surface area contributed by atoms with E-state index < -0.39 is 0 Å². The van der Waals surface area contributed by atoms with Gasteiger partial charge in [0.1, 0.15) is 10.9 Å². The normalized spacial score (nSPS) is 17.2. The van der Waals surface area contributed by atoms with Crippen LogP contribution in [0.2, 0.25) is 5.15 Å². The van der Waals surface area contributed by atoms with Gasteiger partial charge in [-0.25, -0.2) is 15.0 Å². The topological polar surface area (TPSA) is 127 Å². The molecule has 0 fully saturated rings. The Bertz CT molecular complexity index is 1610. The molecule has 1 unspecified atom stereocenters. The van der Waals surface area contributed by atoms with Gasteiger partial charge in [-0.15, -0.1) is 0 Å². The Morgan fingerprint density at radius 1 is 1.19 bits per heavy atom. The number of aryl methyl sites for hydroxylation is 1. The molecule has 1 N–H and O–H groups in total. The molecule has 4 aromatic heterocycles. The summed E-state index contributed by atoms with van der Waals surface area (Å²) in [5, 5.41) is 12.9. The van der Waals surface area contributed by atoms with E-state index in [-0.39, 0.29) is 16.5 Å². The predicted octanol–water partition coefficient (Wildman–Crippen LogP) is 5.86. The number of rotatable bonds is 5. The molecule has 1 atom stereocenters. The molecule has 5 rings (SSSR count). The lowest BCUT2D eigenvalue weighted by Crippen LogP contribution is -2.16. The van der Waals surface area contributed by atoms with Crippen LogP contribution in [0.25, 0.3) is 27.2 Å². The second-order valence-corrected chi connectivity index (χ2v) is 10.4. The fraction of sp³-hybridized carbons (Fsp3) is 0.269. The van der Waals surface area contributed by atoms with Crippen LogP contribution in [0.15, 0.2) is 36.8 Å². The van der Waals surface area contributed by atoms with Crippen molar-refractivity contribution in [3.63, 3.8) is 0 Å². The van der Waals surface area contributed by atoms with E-state index in [2.05, 4.69) is 37.4 Å². The number of hydrogen-bond acceptors (Lipinski definition) is 9. The van der Waals surface area contributed by atoms with Crippen molar-refractivity contribution in [2.45, 2.75) is 33.1 Å². The molecule has 4 heterocycles. The summed E-state index contributed by atoms with van der Waals surface area (Å²) in [6.07, 6.45) is 9.01. The van der Waals surface area contributed by atoms with Crippen LogP contribution in [0.1, 0.15) is 47.9 Å². The third-order valence-electron chi connectivity index (χ3n) is 6.32. The average molecular weight is 532 g/mol. The number of allylic oxidation sites excluding steroid dienone is 2. The number of anilines is 1. The monoisotopic (exact) mass is 531 g/mol. The van der Waals surface area contributed by atoms with E-state index in [4.69, 9.17) is 21.3 Å². The molecule has 4 aromatic rings. The SMILES string of the molecule is COc1cnc(Cl)cc1-c1cc(C)ncc1C(=O)Nc1nc2ncc(C3=CCC(C)(C#N)CC3)nc2s1. The van der Waals surface area contributed by atoms with Crippen LogP contribution in [-0.4, -0.2) is 37.9 Å². The van der Waals surface area contributed by atoms with Gasteiger partial charge >= 0.3 is 0 Å². The van der Waals surface area contributed by atoms with Crippen molar-refractivity contribution in [2.75, 3.05) is 12.4 Å². The minimum absolute atomic E-state index is 0.279. The molecule has 1 aliphatic carbocycles. The zero-order chi connectivity index (χ0) is 26.2. The Morgan fingerprint density at radius 2 is 2.03 bits per heavy atom. The third-order valence-corrected chi connectivity index (χ3v) is 7.38. The lowest BCUT2D eigenvalue weighted by molar-refractivity contribution is 0.102. The van der Waals surface area contributed by atoms with E-state index in [0.29, 0.717) is 44.5 Å². The molecule has 9 nitrogen and oxygen atoms in total.